The zero-order chi connectivity index (χ0) is 12.5. The van der Waals surface area contributed by atoms with E-state index in [9.17, 15) is 5.11 Å². The minimum Gasteiger partial charge on any atom is -0.507 e. The van der Waals surface area contributed by atoms with E-state index < -0.39 is 0 Å². The topological polar surface area (TPSA) is 20.2 Å². The number of aliphatic hydroxyl groups is 1. The minimum absolute atomic E-state index is 0.276. The third kappa shape index (κ3) is 1.93. The fourth-order valence-electron chi connectivity index (χ4n) is 2.10. The van der Waals surface area contributed by atoms with Crippen LogP contribution in [0.15, 0.2) is 42.5 Å². The summed E-state index contributed by atoms with van der Waals surface area (Å²) in [6.45, 7) is 0. The third-order valence-corrected chi connectivity index (χ3v) is 3.26. The van der Waals surface area contributed by atoms with Crippen LogP contribution in [0.2, 0.25) is 5.02 Å². The molecule has 0 saturated carbocycles. The van der Waals surface area contributed by atoms with Crippen LogP contribution in [0, 0.1) is 0 Å². The van der Waals surface area contributed by atoms with Crippen molar-refractivity contribution in [3.05, 3.63) is 69.7 Å². The van der Waals surface area contributed by atoms with E-state index in [4.69, 9.17) is 11.6 Å². The van der Waals surface area contributed by atoms with Crippen molar-refractivity contribution in [1.82, 2.24) is 0 Å². The quantitative estimate of drug-likeness (QED) is 0.710. The normalized spacial score (nSPS) is 14.8. The van der Waals surface area contributed by atoms with Crippen molar-refractivity contribution in [2.24, 2.45) is 0 Å². The molecular formula is C16H11ClO. The number of halogens is 1. The van der Waals surface area contributed by atoms with Crippen molar-refractivity contribution in [3.63, 3.8) is 0 Å². The molecule has 0 unspecified atom stereocenters. The Kier molecular flexibility index (Phi) is 2.69. The van der Waals surface area contributed by atoms with Crippen molar-refractivity contribution in [2.45, 2.75) is 0 Å². The summed E-state index contributed by atoms with van der Waals surface area (Å²) in [5.41, 5.74) is 3.80. The van der Waals surface area contributed by atoms with Gasteiger partial charge in [-0.3, -0.25) is 0 Å². The van der Waals surface area contributed by atoms with E-state index in [0.717, 1.165) is 22.3 Å². The Morgan fingerprint density at radius 2 is 1.61 bits per heavy atom. The van der Waals surface area contributed by atoms with Crippen LogP contribution >= 0.6 is 11.6 Å². The van der Waals surface area contributed by atoms with Gasteiger partial charge in [0.05, 0.1) is 0 Å². The molecule has 88 valence electrons. The van der Waals surface area contributed by atoms with Crippen LogP contribution in [0.5, 0.6) is 0 Å². The van der Waals surface area contributed by atoms with Crippen molar-refractivity contribution >= 4 is 35.6 Å². The molecule has 1 nitrogen and oxygen atoms in total. The average molecular weight is 255 g/mol. The molecule has 2 heteroatoms. The Morgan fingerprint density at radius 3 is 2.50 bits per heavy atom. The Hall–Kier alpha value is -1.99. The number of hydrogen-bond donors (Lipinski definition) is 1. The van der Waals surface area contributed by atoms with Gasteiger partial charge in [-0.15, -0.1) is 0 Å². The van der Waals surface area contributed by atoms with Gasteiger partial charge in [-0.25, -0.2) is 0 Å². The molecule has 0 aliphatic heterocycles. The maximum Gasteiger partial charge on any atom is 0.124 e. The first-order valence-corrected chi connectivity index (χ1v) is 6.09. The Morgan fingerprint density at radius 1 is 0.833 bits per heavy atom. The predicted molar refractivity (Wildman–Crippen MR) is 77.3 cm³/mol. The van der Waals surface area contributed by atoms with Crippen LogP contribution in [0.25, 0.3) is 24.0 Å². The van der Waals surface area contributed by atoms with Gasteiger partial charge in [-0.1, -0.05) is 54.1 Å². The average Bonchev–Trinajstić information content (AvgIpc) is 2.37. The van der Waals surface area contributed by atoms with Gasteiger partial charge in [-0.05, 0) is 34.9 Å². The molecule has 1 N–H and O–H groups in total. The first-order chi connectivity index (χ1) is 8.74. The summed E-state index contributed by atoms with van der Waals surface area (Å²) in [5.74, 6) is 0.276. The van der Waals surface area contributed by atoms with E-state index in [0.29, 0.717) is 5.02 Å². The number of rotatable bonds is 0. The van der Waals surface area contributed by atoms with Gasteiger partial charge < -0.3 is 5.11 Å². The van der Waals surface area contributed by atoms with E-state index >= 15 is 0 Å². The lowest BCUT2D eigenvalue weighted by atomic mass is 9.97. The minimum atomic E-state index is 0.276. The largest absolute Gasteiger partial charge is 0.507 e. The Balaban J connectivity index is 2.24. The lowest BCUT2D eigenvalue weighted by molar-refractivity contribution is 0.515. The summed E-state index contributed by atoms with van der Waals surface area (Å²) >= 11 is 5.99. The first kappa shape index (κ1) is 11.1. The fourth-order valence-corrected chi connectivity index (χ4v) is 2.28. The van der Waals surface area contributed by atoms with Crippen LogP contribution in [0.3, 0.4) is 0 Å². The second kappa shape index (κ2) is 4.35. The number of aliphatic hydroxyl groups excluding tert-OH is 1. The van der Waals surface area contributed by atoms with Gasteiger partial charge in [0.25, 0.3) is 0 Å². The molecule has 0 amide bonds. The Bertz CT molecular complexity index is 669. The molecule has 18 heavy (non-hydrogen) atoms. The van der Waals surface area contributed by atoms with E-state index in [2.05, 4.69) is 0 Å². The second-order valence-electron chi connectivity index (χ2n) is 4.22. The number of benzene rings is 2. The van der Waals surface area contributed by atoms with Gasteiger partial charge in [0.1, 0.15) is 5.76 Å². The van der Waals surface area contributed by atoms with Gasteiger partial charge in [0, 0.05) is 10.6 Å². The van der Waals surface area contributed by atoms with Gasteiger partial charge in [0.2, 0.25) is 0 Å². The van der Waals surface area contributed by atoms with Gasteiger partial charge in [0.15, 0.2) is 0 Å². The fraction of sp³-hybridized carbons (Fsp3) is 0. The predicted octanol–water partition coefficient (Wildman–Crippen LogP) is 4.88. The molecule has 3 rings (SSSR count). The highest BCUT2D eigenvalue weighted by molar-refractivity contribution is 6.30. The maximum atomic E-state index is 10.2. The van der Waals surface area contributed by atoms with Crippen molar-refractivity contribution in [3.8, 4) is 0 Å². The smallest absolute Gasteiger partial charge is 0.124 e. The summed E-state index contributed by atoms with van der Waals surface area (Å²) in [6, 6.07) is 13.4. The van der Waals surface area contributed by atoms with Crippen molar-refractivity contribution in [2.75, 3.05) is 0 Å². The van der Waals surface area contributed by atoms with E-state index in [1.54, 1.807) is 6.08 Å². The molecular weight excluding hydrogens is 244 g/mol. The van der Waals surface area contributed by atoms with Crippen LogP contribution in [0.4, 0.5) is 0 Å². The molecule has 2 aromatic carbocycles. The first-order valence-electron chi connectivity index (χ1n) is 5.72. The molecule has 0 atom stereocenters. The highest BCUT2D eigenvalue weighted by Crippen LogP contribution is 2.28. The number of fused-ring (bicyclic) bond motifs is 2. The summed E-state index contributed by atoms with van der Waals surface area (Å²) in [5, 5.41) is 10.9. The van der Waals surface area contributed by atoms with Crippen LogP contribution in [-0.2, 0) is 0 Å². The molecule has 2 aromatic rings. The van der Waals surface area contributed by atoms with Crippen LogP contribution < -0.4 is 0 Å². The van der Waals surface area contributed by atoms with Crippen molar-refractivity contribution in [1.29, 1.82) is 0 Å². The van der Waals surface area contributed by atoms with E-state index in [1.165, 1.54) is 0 Å². The highest BCUT2D eigenvalue weighted by Gasteiger charge is 2.08. The Labute approximate surface area is 111 Å². The molecule has 0 saturated heterocycles. The van der Waals surface area contributed by atoms with Crippen LogP contribution in [0.1, 0.15) is 22.3 Å². The molecule has 0 heterocycles. The molecule has 0 radical (unpaired) electrons. The van der Waals surface area contributed by atoms with E-state index in [-0.39, 0.29) is 5.76 Å². The standard InChI is InChI=1S/C16H11ClO/c17-14-8-7-13-10-16(18)15-4-2-1-3-11(15)5-6-12(13)9-14/h1-10,18H/b6-5-,11-5?,12-6?,13-10?,16-10?,16-15?. The zero-order valence-corrected chi connectivity index (χ0v) is 10.4. The van der Waals surface area contributed by atoms with Crippen molar-refractivity contribution < 1.29 is 5.11 Å². The molecule has 0 spiro atoms. The third-order valence-electron chi connectivity index (χ3n) is 3.02. The number of hydrogen-bond acceptors (Lipinski definition) is 1. The molecule has 1 aliphatic carbocycles. The molecule has 0 bridgehead atoms. The van der Waals surface area contributed by atoms with Crippen LogP contribution in [-0.4, -0.2) is 5.11 Å². The molecule has 0 aromatic heterocycles. The molecule has 1 aliphatic rings. The van der Waals surface area contributed by atoms with Gasteiger partial charge >= 0.3 is 0 Å². The SMILES string of the molecule is OC1=Cc2ccc(Cl)cc2/C=C\c2ccccc21. The monoisotopic (exact) mass is 254 g/mol. The summed E-state index contributed by atoms with van der Waals surface area (Å²) in [7, 11) is 0. The summed E-state index contributed by atoms with van der Waals surface area (Å²) < 4.78 is 0. The zero-order valence-electron chi connectivity index (χ0n) is 9.60. The highest BCUT2D eigenvalue weighted by atomic mass is 35.5. The van der Waals surface area contributed by atoms with E-state index in [1.807, 2.05) is 54.6 Å². The maximum absolute atomic E-state index is 10.2. The van der Waals surface area contributed by atoms with Gasteiger partial charge in [-0.2, -0.15) is 0 Å². The summed E-state index contributed by atoms with van der Waals surface area (Å²) in [4.78, 5) is 0. The lowest BCUT2D eigenvalue weighted by Gasteiger charge is -2.10. The summed E-state index contributed by atoms with van der Waals surface area (Å²) in [6.07, 6.45) is 5.78. The lowest BCUT2D eigenvalue weighted by Crippen LogP contribution is -1.92. The molecule has 0 fully saturated rings. The second-order valence-corrected chi connectivity index (χ2v) is 4.66.